The van der Waals surface area contributed by atoms with Gasteiger partial charge in [0.1, 0.15) is 17.7 Å². The van der Waals surface area contributed by atoms with Gasteiger partial charge in [0.25, 0.3) is 0 Å². The molecular formula is C22H35N3O4. The van der Waals surface area contributed by atoms with E-state index >= 15 is 0 Å². The van der Waals surface area contributed by atoms with E-state index in [2.05, 4.69) is 10.6 Å². The van der Waals surface area contributed by atoms with E-state index in [0.717, 1.165) is 11.1 Å². The van der Waals surface area contributed by atoms with E-state index in [4.69, 9.17) is 4.74 Å². The molecule has 0 spiro atoms. The Bertz CT molecular complexity index is 725. The molecule has 0 aliphatic rings. The predicted molar refractivity (Wildman–Crippen MR) is 113 cm³/mol. The van der Waals surface area contributed by atoms with Crippen molar-refractivity contribution in [3.63, 3.8) is 0 Å². The van der Waals surface area contributed by atoms with Gasteiger partial charge in [-0.3, -0.25) is 9.59 Å². The van der Waals surface area contributed by atoms with Crippen LogP contribution < -0.4 is 10.6 Å². The maximum atomic E-state index is 13.2. The molecule has 29 heavy (non-hydrogen) atoms. The van der Waals surface area contributed by atoms with E-state index in [1.165, 1.54) is 4.90 Å². The number of likely N-dealkylation sites (N-methyl/N-ethyl adjacent to an activating group) is 1. The van der Waals surface area contributed by atoms with Crippen molar-refractivity contribution in [2.45, 2.75) is 79.1 Å². The SMILES string of the molecule is CCN(C(=O)C(C)NC(=O)OC(C)(C)C)C(C(=O)NC(C)C)c1ccccc1C. The minimum Gasteiger partial charge on any atom is -0.444 e. The van der Waals surface area contributed by atoms with Crippen LogP contribution >= 0.6 is 0 Å². The largest absolute Gasteiger partial charge is 0.444 e. The van der Waals surface area contributed by atoms with E-state index in [1.54, 1.807) is 27.7 Å². The Kier molecular flexibility index (Phi) is 8.67. The van der Waals surface area contributed by atoms with E-state index < -0.39 is 23.8 Å². The number of carbonyl (C=O) groups excluding carboxylic acids is 3. The van der Waals surface area contributed by atoms with E-state index in [1.807, 2.05) is 52.0 Å². The molecule has 0 radical (unpaired) electrons. The normalized spacial score (nSPS) is 13.4. The second-order valence-electron chi connectivity index (χ2n) is 8.41. The van der Waals surface area contributed by atoms with Gasteiger partial charge in [0.05, 0.1) is 0 Å². The highest BCUT2D eigenvalue weighted by molar-refractivity contribution is 5.92. The molecule has 7 heteroatoms. The molecule has 0 saturated heterocycles. The molecule has 162 valence electrons. The van der Waals surface area contributed by atoms with Crippen molar-refractivity contribution in [1.29, 1.82) is 0 Å². The van der Waals surface area contributed by atoms with Gasteiger partial charge in [0.2, 0.25) is 11.8 Å². The van der Waals surface area contributed by atoms with Crippen LogP contribution in [0.1, 0.15) is 65.6 Å². The Morgan fingerprint density at radius 1 is 1.07 bits per heavy atom. The Hall–Kier alpha value is -2.57. The van der Waals surface area contributed by atoms with Gasteiger partial charge in [0.15, 0.2) is 0 Å². The molecule has 1 aromatic carbocycles. The quantitative estimate of drug-likeness (QED) is 0.728. The molecule has 0 heterocycles. The fraction of sp³-hybridized carbons (Fsp3) is 0.591. The Labute approximate surface area is 174 Å². The summed E-state index contributed by atoms with van der Waals surface area (Å²) in [5.41, 5.74) is 0.999. The average molecular weight is 406 g/mol. The van der Waals surface area contributed by atoms with Crippen LogP contribution in [-0.2, 0) is 14.3 Å². The van der Waals surface area contributed by atoms with Crippen molar-refractivity contribution < 1.29 is 19.1 Å². The molecule has 0 aliphatic carbocycles. The third-order valence-electron chi connectivity index (χ3n) is 4.20. The molecular weight excluding hydrogens is 370 g/mol. The van der Waals surface area contributed by atoms with Gasteiger partial charge in [-0.05, 0) is 66.5 Å². The fourth-order valence-corrected chi connectivity index (χ4v) is 2.97. The lowest BCUT2D eigenvalue weighted by molar-refractivity contribution is -0.142. The van der Waals surface area contributed by atoms with Crippen molar-refractivity contribution >= 4 is 17.9 Å². The van der Waals surface area contributed by atoms with Gasteiger partial charge >= 0.3 is 6.09 Å². The first kappa shape index (κ1) is 24.5. The lowest BCUT2D eigenvalue weighted by Crippen LogP contribution is -2.52. The van der Waals surface area contributed by atoms with E-state index in [-0.39, 0.29) is 17.9 Å². The summed E-state index contributed by atoms with van der Waals surface area (Å²) in [5.74, 6) is -0.612. The zero-order chi connectivity index (χ0) is 22.4. The van der Waals surface area contributed by atoms with Gasteiger partial charge in [-0.1, -0.05) is 24.3 Å². The number of nitrogens with one attached hydrogen (secondary N) is 2. The maximum absolute atomic E-state index is 13.2. The summed E-state index contributed by atoms with van der Waals surface area (Å²) in [7, 11) is 0. The average Bonchev–Trinajstić information content (AvgIpc) is 2.57. The fourth-order valence-electron chi connectivity index (χ4n) is 2.97. The topological polar surface area (TPSA) is 87.7 Å². The summed E-state index contributed by atoms with van der Waals surface area (Å²) in [6, 6.07) is 5.79. The van der Waals surface area contributed by atoms with Gasteiger partial charge in [-0.25, -0.2) is 4.79 Å². The first-order valence-electron chi connectivity index (χ1n) is 10.0. The second-order valence-corrected chi connectivity index (χ2v) is 8.41. The third kappa shape index (κ3) is 7.40. The highest BCUT2D eigenvalue weighted by atomic mass is 16.6. The number of alkyl carbamates (subject to hydrolysis) is 1. The lowest BCUT2D eigenvalue weighted by Gasteiger charge is -2.33. The van der Waals surface area contributed by atoms with Crippen LogP contribution in [0.4, 0.5) is 4.79 Å². The molecule has 3 amide bonds. The summed E-state index contributed by atoms with van der Waals surface area (Å²) in [4.78, 5) is 39.8. The van der Waals surface area contributed by atoms with Crippen molar-refractivity contribution in [3.8, 4) is 0 Å². The van der Waals surface area contributed by atoms with Crippen molar-refractivity contribution in [2.75, 3.05) is 6.54 Å². The number of ether oxygens (including phenoxy) is 1. The number of benzene rings is 1. The first-order chi connectivity index (χ1) is 13.4. The van der Waals surface area contributed by atoms with Crippen LogP contribution in [0.2, 0.25) is 0 Å². The highest BCUT2D eigenvalue weighted by Crippen LogP contribution is 2.25. The van der Waals surface area contributed by atoms with Gasteiger partial charge < -0.3 is 20.3 Å². The van der Waals surface area contributed by atoms with E-state index in [9.17, 15) is 14.4 Å². The molecule has 0 saturated carbocycles. The Balaban J connectivity index is 3.17. The molecule has 2 N–H and O–H groups in total. The highest BCUT2D eigenvalue weighted by Gasteiger charge is 2.34. The van der Waals surface area contributed by atoms with Crippen LogP contribution in [0.25, 0.3) is 0 Å². The minimum atomic E-state index is -0.844. The Morgan fingerprint density at radius 3 is 2.14 bits per heavy atom. The minimum absolute atomic E-state index is 0.0693. The van der Waals surface area contributed by atoms with E-state index in [0.29, 0.717) is 6.54 Å². The van der Waals surface area contributed by atoms with Gasteiger partial charge in [-0.2, -0.15) is 0 Å². The summed E-state index contributed by atoms with van der Waals surface area (Å²) in [5, 5.41) is 5.47. The monoisotopic (exact) mass is 405 g/mol. The van der Waals surface area contributed by atoms with Gasteiger partial charge in [0, 0.05) is 12.6 Å². The summed E-state index contributed by atoms with van der Waals surface area (Å²) < 4.78 is 5.24. The lowest BCUT2D eigenvalue weighted by atomic mass is 9.98. The number of carbonyl (C=O) groups is 3. The first-order valence-corrected chi connectivity index (χ1v) is 10.0. The smallest absolute Gasteiger partial charge is 0.408 e. The zero-order valence-electron chi connectivity index (χ0n) is 18.8. The maximum Gasteiger partial charge on any atom is 0.408 e. The summed E-state index contributed by atoms with van der Waals surface area (Å²) in [6.07, 6.45) is -0.673. The van der Waals surface area contributed by atoms with Crippen LogP contribution in [0.15, 0.2) is 24.3 Å². The summed E-state index contributed by atoms with van der Waals surface area (Å²) in [6.45, 7) is 14.6. The molecule has 7 nitrogen and oxygen atoms in total. The third-order valence-corrected chi connectivity index (χ3v) is 4.20. The molecule has 2 unspecified atom stereocenters. The molecule has 0 fully saturated rings. The molecule has 1 aromatic rings. The van der Waals surface area contributed by atoms with Crippen LogP contribution in [0, 0.1) is 6.92 Å². The van der Waals surface area contributed by atoms with Crippen LogP contribution in [0.3, 0.4) is 0 Å². The van der Waals surface area contributed by atoms with Crippen molar-refractivity contribution in [1.82, 2.24) is 15.5 Å². The Morgan fingerprint density at radius 2 is 1.66 bits per heavy atom. The number of rotatable bonds is 7. The second kappa shape index (κ2) is 10.3. The van der Waals surface area contributed by atoms with Crippen molar-refractivity contribution in [2.24, 2.45) is 0 Å². The summed E-state index contributed by atoms with van der Waals surface area (Å²) >= 11 is 0. The van der Waals surface area contributed by atoms with Crippen LogP contribution in [-0.4, -0.2) is 47.0 Å². The molecule has 0 aromatic heterocycles. The zero-order valence-corrected chi connectivity index (χ0v) is 18.8. The van der Waals surface area contributed by atoms with Crippen molar-refractivity contribution in [3.05, 3.63) is 35.4 Å². The standard InChI is InChI=1S/C22H35N3O4/c1-9-25(20(27)16(5)24-21(28)29-22(6,7)8)18(19(26)23-14(2)3)17-13-11-10-12-15(17)4/h10-14,16,18H,9H2,1-8H3,(H,23,26)(H,24,28). The molecule has 1 rings (SSSR count). The molecule has 2 atom stereocenters. The van der Waals surface area contributed by atoms with Crippen LogP contribution in [0.5, 0.6) is 0 Å². The molecule has 0 aliphatic heterocycles. The number of amides is 3. The predicted octanol–water partition coefficient (Wildman–Crippen LogP) is 3.32. The number of aryl methyl sites for hydroxylation is 1. The van der Waals surface area contributed by atoms with Gasteiger partial charge in [-0.15, -0.1) is 0 Å². The molecule has 0 bridgehead atoms. The number of nitrogens with zero attached hydrogens (tertiary/aromatic N) is 1. The number of hydrogen-bond acceptors (Lipinski definition) is 4. The number of hydrogen-bond donors (Lipinski definition) is 2.